The van der Waals surface area contributed by atoms with Gasteiger partial charge in [0.15, 0.2) is 0 Å². The van der Waals surface area contributed by atoms with E-state index in [9.17, 15) is 9.59 Å². The first-order valence-electron chi connectivity index (χ1n) is 6.61. The summed E-state index contributed by atoms with van der Waals surface area (Å²) in [6, 6.07) is 1.59. The Hall–Kier alpha value is -1.53. The minimum atomic E-state index is -0.548. The van der Waals surface area contributed by atoms with Gasteiger partial charge < -0.3 is 21.8 Å². The maximum Gasteiger partial charge on any atom is 0.267 e. The van der Waals surface area contributed by atoms with Crippen molar-refractivity contribution in [2.75, 3.05) is 6.54 Å². The summed E-state index contributed by atoms with van der Waals surface area (Å²) < 4.78 is 0. The number of carbonyl (C=O) groups excluding carboxylic acids is 2. The third-order valence-electron chi connectivity index (χ3n) is 3.74. The fraction of sp³-hybridized carbons (Fsp3) is 0.538. The van der Waals surface area contributed by atoms with Crippen LogP contribution in [0.3, 0.4) is 0 Å². The number of aromatic amines is 1. The van der Waals surface area contributed by atoms with Crippen molar-refractivity contribution in [1.29, 1.82) is 0 Å². The van der Waals surface area contributed by atoms with Crippen LogP contribution in [-0.2, 0) is 0 Å². The van der Waals surface area contributed by atoms with E-state index < -0.39 is 5.91 Å². The summed E-state index contributed by atoms with van der Waals surface area (Å²) in [6.07, 6.45) is 5.73. The first-order valence-corrected chi connectivity index (χ1v) is 6.61. The molecular weight excluding hydrogens is 280 g/mol. The molecule has 6 N–H and O–H groups in total. The summed E-state index contributed by atoms with van der Waals surface area (Å²) in [5.74, 6) is -0.422. The van der Waals surface area contributed by atoms with Crippen molar-refractivity contribution in [1.82, 2.24) is 10.3 Å². The first kappa shape index (κ1) is 16.5. The molecule has 0 spiro atoms. The molecule has 1 aromatic rings. The summed E-state index contributed by atoms with van der Waals surface area (Å²) in [4.78, 5) is 25.8. The molecule has 7 heteroatoms. The van der Waals surface area contributed by atoms with Gasteiger partial charge in [0.05, 0.1) is 5.56 Å². The zero-order chi connectivity index (χ0) is 13.8. The molecule has 2 rings (SSSR count). The first-order chi connectivity index (χ1) is 9.11. The van der Waals surface area contributed by atoms with Gasteiger partial charge in [0, 0.05) is 12.2 Å². The number of carbonyl (C=O) groups is 2. The lowest BCUT2D eigenvalue weighted by Crippen LogP contribution is -2.44. The molecule has 1 aliphatic rings. The Bertz CT molecular complexity index is 475. The lowest BCUT2D eigenvalue weighted by atomic mass is 9.84. The second-order valence-electron chi connectivity index (χ2n) is 5.03. The molecule has 0 bridgehead atoms. The molecule has 1 fully saturated rings. The summed E-state index contributed by atoms with van der Waals surface area (Å²) >= 11 is 0. The van der Waals surface area contributed by atoms with Gasteiger partial charge in [0.1, 0.15) is 5.69 Å². The predicted octanol–water partition coefficient (Wildman–Crippen LogP) is 0.783. The highest BCUT2D eigenvalue weighted by Gasteiger charge is 2.26. The minimum Gasteiger partial charge on any atom is -0.366 e. The predicted molar refractivity (Wildman–Crippen MR) is 78.8 cm³/mol. The number of hydrogen-bond acceptors (Lipinski definition) is 3. The van der Waals surface area contributed by atoms with Gasteiger partial charge in [-0.15, -0.1) is 12.4 Å². The molecule has 1 heterocycles. The molecule has 1 saturated carbocycles. The Kier molecular flexibility index (Phi) is 6.04. The average Bonchev–Trinajstić information content (AvgIpc) is 2.89. The Morgan fingerprint density at radius 2 is 2.05 bits per heavy atom. The van der Waals surface area contributed by atoms with Crippen molar-refractivity contribution in [3.8, 4) is 0 Å². The van der Waals surface area contributed by atoms with E-state index in [-0.39, 0.29) is 24.4 Å². The van der Waals surface area contributed by atoms with E-state index in [1.54, 1.807) is 0 Å². The molecule has 2 unspecified atom stereocenters. The zero-order valence-corrected chi connectivity index (χ0v) is 12.0. The number of halogens is 1. The molecule has 2 atom stereocenters. The van der Waals surface area contributed by atoms with Crippen LogP contribution in [-0.4, -0.2) is 29.4 Å². The lowest BCUT2D eigenvalue weighted by molar-refractivity contribution is 0.0903. The van der Waals surface area contributed by atoms with Crippen LogP contribution in [0.1, 0.15) is 46.5 Å². The monoisotopic (exact) mass is 300 g/mol. The van der Waals surface area contributed by atoms with Crippen molar-refractivity contribution in [2.45, 2.75) is 31.7 Å². The van der Waals surface area contributed by atoms with Gasteiger partial charge in [-0.25, -0.2) is 0 Å². The maximum absolute atomic E-state index is 12.1. The van der Waals surface area contributed by atoms with Crippen molar-refractivity contribution in [2.24, 2.45) is 17.4 Å². The number of amides is 2. The Morgan fingerprint density at radius 1 is 1.35 bits per heavy atom. The highest BCUT2D eigenvalue weighted by Crippen LogP contribution is 2.23. The van der Waals surface area contributed by atoms with Crippen LogP contribution < -0.4 is 16.8 Å². The van der Waals surface area contributed by atoms with Gasteiger partial charge in [-0.2, -0.15) is 0 Å². The molecule has 20 heavy (non-hydrogen) atoms. The van der Waals surface area contributed by atoms with E-state index in [1.165, 1.54) is 18.7 Å². The second kappa shape index (κ2) is 7.31. The fourth-order valence-corrected chi connectivity index (χ4v) is 2.59. The van der Waals surface area contributed by atoms with Crippen LogP contribution in [0.25, 0.3) is 0 Å². The molecule has 2 amide bonds. The van der Waals surface area contributed by atoms with Gasteiger partial charge in [-0.05, 0) is 31.4 Å². The summed E-state index contributed by atoms with van der Waals surface area (Å²) in [6.45, 7) is 0.586. The number of H-pyrrole nitrogens is 1. The fourth-order valence-electron chi connectivity index (χ4n) is 2.59. The van der Waals surface area contributed by atoms with Crippen molar-refractivity contribution >= 4 is 24.2 Å². The van der Waals surface area contributed by atoms with Crippen molar-refractivity contribution in [3.05, 3.63) is 23.5 Å². The van der Waals surface area contributed by atoms with E-state index in [0.29, 0.717) is 23.7 Å². The number of primary amides is 1. The number of nitrogens with two attached hydrogens (primary N) is 2. The zero-order valence-electron chi connectivity index (χ0n) is 11.2. The summed E-state index contributed by atoms with van der Waals surface area (Å²) in [5, 5.41) is 2.99. The molecule has 0 saturated heterocycles. The number of hydrogen-bond donors (Lipinski definition) is 4. The van der Waals surface area contributed by atoms with Crippen LogP contribution >= 0.6 is 12.4 Å². The highest BCUT2D eigenvalue weighted by atomic mass is 35.5. The van der Waals surface area contributed by atoms with Gasteiger partial charge in [-0.3, -0.25) is 9.59 Å². The molecule has 6 nitrogen and oxygen atoms in total. The summed E-state index contributed by atoms with van der Waals surface area (Å²) in [7, 11) is 0. The Balaban J connectivity index is 0.00000200. The molecule has 0 aliphatic heterocycles. The topological polar surface area (TPSA) is 114 Å². The van der Waals surface area contributed by atoms with Crippen molar-refractivity contribution in [3.63, 3.8) is 0 Å². The maximum atomic E-state index is 12.1. The molecule has 0 aromatic carbocycles. The van der Waals surface area contributed by atoms with Crippen LogP contribution in [0, 0.1) is 5.92 Å². The third-order valence-corrected chi connectivity index (χ3v) is 3.74. The van der Waals surface area contributed by atoms with Gasteiger partial charge in [0.2, 0.25) is 5.91 Å². The Labute approximate surface area is 124 Å². The third kappa shape index (κ3) is 3.74. The Morgan fingerprint density at radius 3 is 2.65 bits per heavy atom. The number of aromatic nitrogens is 1. The average molecular weight is 301 g/mol. The van der Waals surface area contributed by atoms with Gasteiger partial charge in [0.25, 0.3) is 5.91 Å². The molecule has 0 radical (unpaired) electrons. The molecule has 1 aliphatic carbocycles. The standard InChI is InChI=1S/C13H20N4O2.ClH/c14-6-8-3-1-2-4-10(8)17-13(19)11-5-9(7-16-11)12(15)18;/h5,7-8,10,16H,1-4,6,14H2,(H2,15,18)(H,17,19);1H. The minimum absolute atomic E-state index is 0. The smallest absolute Gasteiger partial charge is 0.267 e. The van der Waals surface area contributed by atoms with Gasteiger partial charge >= 0.3 is 0 Å². The molecular formula is C13H21ClN4O2. The molecule has 1 aromatic heterocycles. The second-order valence-corrected chi connectivity index (χ2v) is 5.03. The van der Waals surface area contributed by atoms with Crippen LogP contribution in [0.15, 0.2) is 12.3 Å². The largest absolute Gasteiger partial charge is 0.366 e. The lowest BCUT2D eigenvalue weighted by Gasteiger charge is -2.31. The SMILES string of the molecule is Cl.NCC1CCCCC1NC(=O)c1cc(C(N)=O)c[nH]1. The summed E-state index contributed by atoms with van der Waals surface area (Å²) in [5.41, 5.74) is 11.5. The van der Waals surface area contributed by atoms with E-state index in [1.807, 2.05) is 0 Å². The van der Waals surface area contributed by atoms with Crippen LogP contribution in [0.5, 0.6) is 0 Å². The molecule has 112 valence electrons. The van der Waals surface area contributed by atoms with E-state index >= 15 is 0 Å². The van der Waals surface area contributed by atoms with Crippen LogP contribution in [0.4, 0.5) is 0 Å². The quantitative estimate of drug-likeness (QED) is 0.659. The number of rotatable bonds is 4. The van der Waals surface area contributed by atoms with Crippen LogP contribution in [0.2, 0.25) is 0 Å². The van der Waals surface area contributed by atoms with E-state index in [2.05, 4.69) is 10.3 Å². The highest BCUT2D eigenvalue weighted by molar-refractivity contribution is 5.98. The number of nitrogens with one attached hydrogen (secondary N) is 2. The normalized spacial score (nSPS) is 21.9. The van der Waals surface area contributed by atoms with E-state index in [0.717, 1.165) is 19.3 Å². The van der Waals surface area contributed by atoms with Crippen molar-refractivity contribution < 1.29 is 9.59 Å². The van der Waals surface area contributed by atoms with Gasteiger partial charge in [-0.1, -0.05) is 12.8 Å². The van der Waals surface area contributed by atoms with E-state index in [4.69, 9.17) is 11.5 Å².